The van der Waals surface area contributed by atoms with E-state index in [2.05, 4.69) is 6.58 Å². The van der Waals surface area contributed by atoms with Crippen molar-refractivity contribution in [1.82, 2.24) is 4.57 Å². The van der Waals surface area contributed by atoms with Crippen molar-refractivity contribution in [1.29, 1.82) is 0 Å². The van der Waals surface area contributed by atoms with E-state index in [0.717, 1.165) is 16.7 Å². The zero-order valence-electron chi connectivity index (χ0n) is 11.3. The molecule has 0 unspecified atom stereocenters. The zero-order valence-corrected chi connectivity index (χ0v) is 11.3. The summed E-state index contributed by atoms with van der Waals surface area (Å²) >= 11 is 0. The third kappa shape index (κ3) is 2.84. The Kier molecular flexibility index (Phi) is 4.57. The van der Waals surface area contributed by atoms with Crippen LogP contribution >= 0.6 is 0 Å². The summed E-state index contributed by atoms with van der Waals surface area (Å²) in [6, 6.07) is 2.62. The number of nitrogens with zero attached hydrogens (tertiary/aromatic N) is 1. The zero-order chi connectivity index (χ0) is 15.7. The highest BCUT2D eigenvalue weighted by Gasteiger charge is 2.34. The van der Waals surface area contributed by atoms with Gasteiger partial charge in [-0.05, 0) is 12.1 Å². The summed E-state index contributed by atoms with van der Waals surface area (Å²) in [6.07, 6.45) is -4.61. The van der Waals surface area contributed by atoms with E-state index in [1.807, 2.05) is 13.8 Å². The van der Waals surface area contributed by atoms with Crippen LogP contribution in [0.2, 0.25) is 0 Å². The average molecular weight is 291 g/mol. The number of rotatable bonds is 1. The van der Waals surface area contributed by atoms with E-state index in [9.17, 15) is 22.0 Å². The molecular weight excluding hydrogens is 277 g/mol. The predicted octanol–water partition coefficient (Wildman–Crippen LogP) is 5.06. The van der Waals surface area contributed by atoms with E-state index >= 15 is 0 Å². The Hall–Kier alpha value is -1.85. The Morgan fingerprint density at radius 3 is 2.15 bits per heavy atom. The molecule has 0 bridgehead atoms. The first-order valence-electron chi connectivity index (χ1n) is 5.92. The maximum Gasteiger partial charge on any atom is 0.417 e. The first-order valence-corrected chi connectivity index (χ1v) is 5.92. The van der Waals surface area contributed by atoms with Crippen LogP contribution < -0.4 is 0 Å². The molecule has 1 heterocycles. The van der Waals surface area contributed by atoms with Crippen molar-refractivity contribution < 1.29 is 22.0 Å². The number of fused-ring (bicyclic) bond motifs is 1. The summed E-state index contributed by atoms with van der Waals surface area (Å²) in [5.74, 6) is -1.74. The summed E-state index contributed by atoms with van der Waals surface area (Å²) < 4.78 is 65.2. The smallest absolute Gasteiger partial charge is 0.343 e. The lowest BCUT2D eigenvalue weighted by molar-refractivity contribution is -0.0690. The Morgan fingerprint density at radius 2 is 1.65 bits per heavy atom. The third-order valence-electron chi connectivity index (χ3n) is 2.73. The summed E-state index contributed by atoms with van der Waals surface area (Å²) in [5, 5.41) is -0.0701. The van der Waals surface area contributed by atoms with Crippen LogP contribution in [0.4, 0.5) is 22.0 Å². The van der Waals surface area contributed by atoms with Crippen LogP contribution in [0, 0.1) is 11.6 Å². The molecule has 0 N–H and O–H groups in total. The molecule has 0 atom stereocenters. The monoisotopic (exact) mass is 291 g/mol. The van der Waals surface area contributed by atoms with Gasteiger partial charge in [0.05, 0.1) is 16.8 Å². The fourth-order valence-electron chi connectivity index (χ4n) is 1.79. The van der Waals surface area contributed by atoms with Gasteiger partial charge in [0.1, 0.15) is 11.6 Å². The lowest BCUT2D eigenvalue weighted by atomic mass is 10.2. The number of alkyl halides is 3. The molecule has 0 saturated heterocycles. The summed E-state index contributed by atoms with van der Waals surface area (Å²) in [4.78, 5) is 0. The van der Waals surface area contributed by atoms with Crippen molar-refractivity contribution in [3.63, 3.8) is 0 Å². The van der Waals surface area contributed by atoms with E-state index in [0.29, 0.717) is 6.07 Å². The molecule has 2 aromatic rings. The summed E-state index contributed by atoms with van der Waals surface area (Å²) in [7, 11) is 1.30. The highest BCUT2D eigenvalue weighted by atomic mass is 19.4. The van der Waals surface area contributed by atoms with Crippen LogP contribution in [-0.4, -0.2) is 10.7 Å². The Labute approximate surface area is 113 Å². The van der Waals surface area contributed by atoms with Crippen molar-refractivity contribution in [3.8, 4) is 0 Å². The topological polar surface area (TPSA) is 4.93 Å². The minimum absolute atomic E-state index is 0.0490. The normalized spacial score (nSPS) is 11.2. The molecule has 0 radical (unpaired) electrons. The van der Waals surface area contributed by atoms with Crippen molar-refractivity contribution in [2.24, 2.45) is 7.05 Å². The first-order chi connectivity index (χ1) is 9.21. The molecule has 2 rings (SSSR count). The van der Waals surface area contributed by atoms with Crippen LogP contribution in [0.1, 0.15) is 19.5 Å². The largest absolute Gasteiger partial charge is 0.417 e. The van der Waals surface area contributed by atoms with E-state index < -0.39 is 23.4 Å². The molecule has 1 aromatic carbocycles. The molecule has 0 amide bonds. The lowest BCUT2D eigenvalue weighted by Gasteiger charge is -2.10. The average Bonchev–Trinajstić information content (AvgIpc) is 2.68. The quantitative estimate of drug-likeness (QED) is 0.647. The van der Waals surface area contributed by atoms with Gasteiger partial charge >= 0.3 is 6.18 Å². The van der Waals surface area contributed by atoms with Crippen LogP contribution in [0.15, 0.2) is 24.8 Å². The van der Waals surface area contributed by atoms with Crippen molar-refractivity contribution in [2.75, 3.05) is 0 Å². The van der Waals surface area contributed by atoms with Gasteiger partial charge in [0.15, 0.2) is 0 Å². The van der Waals surface area contributed by atoms with Gasteiger partial charge < -0.3 is 4.57 Å². The molecule has 0 saturated carbocycles. The standard InChI is InChI=1S/C12H8F5N.C2H6/c1-6(12(15,16)17)10-5-8-9(14)3-7(13)4-11(8)18(10)2;1-2/h3-5H,1H2,2H3;1-2H3. The Morgan fingerprint density at radius 1 is 1.10 bits per heavy atom. The second-order valence-corrected chi connectivity index (χ2v) is 3.89. The van der Waals surface area contributed by atoms with Gasteiger partial charge in [0, 0.05) is 18.5 Å². The van der Waals surface area contributed by atoms with Gasteiger partial charge in [-0.1, -0.05) is 20.4 Å². The Balaban J connectivity index is 0.000000956. The second kappa shape index (κ2) is 5.64. The number of allylic oxidation sites excluding steroid dienone is 1. The first kappa shape index (κ1) is 16.2. The molecule has 6 heteroatoms. The maximum atomic E-state index is 13.4. The summed E-state index contributed by atoms with van der Waals surface area (Å²) in [6.45, 7) is 6.94. The van der Waals surface area contributed by atoms with E-state index in [-0.39, 0.29) is 16.6 Å². The minimum atomic E-state index is -4.61. The van der Waals surface area contributed by atoms with Crippen LogP contribution in [0.25, 0.3) is 16.5 Å². The maximum absolute atomic E-state index is 13.4. The molecule has 0 aliphatic rings. The molecule has 0 spiro atoms. The SMILES string of the molecule is C=C(c1cc2c(F)cc(F)cc2n1C)C(F)(F)F.CC. The number of hydrogen-bond acceptors (Lipinski definition) is 0. The summed E-state index contributed by atoms with van der Waals surface area (Å²) in [5.41, 5.74) is -1.34. The molecule has 110 valence electrons. The number of aromatic nitrogens is 1. The molecule has 1 aromatic heterocycles. The number of aryl methyl sites for hydroxylation is 1. The molecule has 0 fully saturated rings. The predicted molar refractivity (Wildman–Crippen MR) is 69.3 cm³/mol. The lowest BCUT2D eigenvalue weighted by Crippen LogP contribution is -2.12. The second-order valence-electron chi connectivity index (χ2n) is 3.89. The van der Waals surface area contributed by atoms with Crippen molar-refractivity contribution >= 4 is 16.5 Å². The van der Waals surface area contributed by atoms with Crippen LogP contribution in [-0.2, 0) is 7.05 Å². The molecular formula is C14H14F5N. The number of halogens is 5. The van der Waals surface area contributed by atoms with Gasteiger partial charge in [-0.2, -0.15) is 13.2 Å². The van der Waals surface area contributed by atoms with Gasteiger partial charge in [-0.15, -0.1) is 0 Å². The van der Waals surface area contributed by atoms with Crippen molar-refractivity contribution in [2.45, 2.75) is 20.0 Å². The molecule has 0 aliphatic heterocycles. The number of benzene rings is 1. The fraction of sp³-hybridized carbons (Fsp3) is 0.286. The van der Waals surface area contributed by atoms with E-state index in [1.165, 1.54) is 7.05 Å². The van der Waals surface area contributed by atoms with Crippen molar-refractivity contribution in [3.05, 3.63) is 42.1 Å². The van der Waals surface area contributed by atoms with Crippen LogP contribution in [0.5, 0.6) is 0 Å². The fourth-order valence-corrected chi connectivity index (χ4v) is 1.79. The van der Waals surface area contributed by atoms with E-state index in [4.69, 9.17) is 0 Å². The minimum Gasteiger partial charge on any atom is -0.343 e. The van der Waals surface area contributed by atoms with E-state index in [1.54, 1.807) is 0 Å². The van der Waals surface area contributed by atoms with Gasteiger partial charge in [0.25, 0.3) is 0 Å². The highest BCUT2D eigenvalue weighted by molar-refractivity contribution is 5.86. The van der Waals surface area contributed by atoms with Gasteiger partial charge in [0.2, 0.25) is 0 Å². The molecule has 0 aliphatic carbocycles. The van der Waals surface area contributed by atoms with Gasteiger partial charge in [-0.3, -0.25) is 0 Å². The Bertz CT molecular complexity index is 637. The molecule has 20 heavy (non-hydrogen) atoms. The molecule has 1 nitrogen and oxygen atoms in total. The van der Waals surface area contributed by atoms with Gasteiger partial charge in [-0.25, -0.2) is 8.78 Å². The highest BCUT2D eigenvalue weighted by Crippen LogP contribution is 2.35. The van der Waals surface area contributed by atoms with Crippen LogP contribution in [0.3, 0.4) is 0 Å². The number of hydrogen-bond donors (Lipinski definition) is 0. The third-order valence-corrected chi connectivity index (χ3v) is 2.73.